The molecule has 0 aliphatic rings. The van der Waals surface area contributed by atoms with Crippen LogP contribution < -0.4 is 0 Å². The Bertz CT molecular complexity index is 2070. The van der Waals surface area contributed by atoms with Gasteiger partial charge in [-0.3, -0.25) is 0 Å². The summed E-state index contributed by atoms with van der Waals surface area (Å²) in [7, 11) is 0. The van der Waals surface area contributed by atoms with E-state index in [-0.39, 0.29) is 6.01 Å². The fraction of sp³-hybridized carbons (Fsp3) is 0. The molecule has 198 valence electrons. The van der Waals surface area contributed by atoms with E-state index in [1.54, 1.807) is 30.5 Å². The first kappa shape index (κ1) is 25.0. The Hall–Kier alpha value is -4.98. The zero-order valence-electron chi connectivity index (χ0n) is 21.3. The number of aromatic nitrogens is 3. The van der Waals surface area contributed by atoms with Crippen LogP contribution in [0.5, 0.6) is 0 Å². The first-order valence-corrected chi connectivity index (χ1v) is 13.5. The summed E-state index contributed by atoms with van der Waals surface area (Å²) in [6, 6.07) is 30.9. The zero-order valence-corrected chi connectivity index (χ0v) is 22.9. The summed E-state index contributed by atoms with van der Waals surface area (Å²) in [5.74, 6) is 0.350. The van der Waals surface area contributed by atoms with Crippen LogP contribution in [0, 0.1) is 0 Å². The Kier molecular flexibility index (Phi) is 6.43. The van der Waals surface area contributed by atoms with Crippen molar-refractivity contribution >= 4 is 62.5 Å². The molecule has 0 aliphatic heterocycles. The molecule has 0 bridgehead atoms. The molecule has 0 spiro atoms. The molecule has 4 aromatic carbocycles. The number of azo groups is 1. The quantitative estimate of drug-likeness (QED) is 0.121. The van der Waals surface area contributed by atoms with Crippen LogP contribution in [-0.4, -0.2) is 20.8 Å². The lowest BCUT2D eigenvalue weighted by atomic mass is 10.0. The average Bonchev–Trinajstić information content (AvgIpc) is 3.73. The maximum atomic E-state index is 6.16. The van der Waals surface area contributed by atoms with E-state index in [1.165, 1.54) is 0 Å². The molecule has 7 nitrogen and oxygen atoms in total. The number of nitrogens with zero attached hydrogens (tertiary/aromatic N) is 4. The third-order valence-corrected chi connectivity index (χ3v) is 7.21. The van der Waals surface area contributed by atoms with E-state index in [1.807, 2.05) is 72.9 Å². The van der Waals surface area contributed by atoms with Crippen LogP contribution in [-0.2, 0) is 0 Å². The fourth-order valence-corrected chi connectivity index (χ4v) is 5.02. The van der Waals surface area contributed by atoms with Gasteiger partial charge in [-0.15, -0.1) is 10.2 Å². The van der Waals surface area contributed by atoms with Gasteiger partial charge in [0.2, 0.25) is 0 Å². The van der Waals surface area contributed by atoms with Crippen molar-refractivity contribution in [3.8, 4) is 22.5 Å². The molecular formula is C32H20Cl2N6O. The lowest BCUT2D eigenvalue weighted by molar-refractivity contribution is 0.570. The van der Waals surface area contributed by atoms with Crippen LogP contribution in [0.15, 0.2) is 129 Å². The first-order valence-electron chi connectivity index (χ1n) is 12.8. The largest absolute Gasteiger partial charge is 0.430 e. The van der Waals surface area contributed by atoms with Gasteiger partial charge < -0.3 is 14.4 Å². The normalized spacial score (nSPS) is 12.2. The summed E-state index contributed by atoms with van der Waals surface area (Å²) >= 11 is 12.2. The van der Waals surface area contributed by atoms with Crippen molar-refractivity contribution in [1.82, 2.24) is 15.0 Å². The van der Waals surface area contributed by atoms with E-state index in [0.29, 0.717) is 27.3 Å². The molecule has 0 saturated heterocycles. The topological polar surface area (TPSA) is 94.7 Å². The maximum Gasteiger partial charge on any atom is 0.324 e. The highest BCUT2D eigenvalue weighted by Crippen LogP contribution is 2.39. The SMILES string of the molecule is Clc1ccc(N=NC(=Nc2nc(-c3c(-c4ccc(Cl)cc4)[nH]c4ccccc34)co2)c2c[nH]c3ccccc23)cc1. The number of H-pyrrole nitrogens is 2. The number of aliphatic imine (C=N–C) groups is 1. The lowest BCUT2D eigenvalue weighted by Gasteiger charge is -2.02. The second kappa shape index (κ2) is 10.5. The van der Waals surface area contributed by atoms with Crippen LogP contribution in [0.2, 0.25) is 10.0 Å². The van der Waals surface area contributed by atoms with E-state index in [2.05, 4.69) is 26.3 Å². The van der Waals surface area contributed by atoms with Gasteiger partial charge in [-0.2, -0.15) is 9.98 Å². The molecule has 3 heterocycles. The molecule has 0 aliphatic carbocycles. The van der Waals surface area contributed by atoms with Gasteiger partial charge in [0, 0.05) is 49.2 Å². The summed E-state index contributed by atoms with van der Waals surface area (Å²) in [4.78, 5) is 16.3. The predicted molar refractivity (Wildman–Crippen MR) is 165 cm³/mol. The highest BCUT2D eigenvalue weighted by molar-refractivity contribution is 6.31. The number of fused-ring (bicyclic) bond motifs is 2. The number of hydrogen-bond acceptors (Lipinski definition) is 4. The van der Waals surface area contributed by atoms with Gasteiger partial charge in [-0.1, -0.05) is 71.7 Å². The van der Waals surface area contributed by atoms with Crippen LogP contribution in [0.1, 0.15) is 5.56 Å². The molecule has 7 rings (SSSR count). The van der Waals surface area contributed by atoms with E-state index in [9.17, 15) is 0 Å². The van der Waals surface area contributed by atoms with Crippen molar-refractivity contribution in [1.29, 1.82) is 0 Å². The minimum absolute atomic E-state index is 0.155. The smallest absolute Gasteiger partial charge is 0.324 e. The summed E-state index contributed by atoms with van der Waals surface area (Å²) in [6.45, 7) is 0. The monoisotopic (exact) mass is 574 g/mol. The van der Waals surface area contributed by atoms with Gasteiger partial charge in [0.1, 0.15) is 12.0 Å². The second-order valence-corrected chi connectivity index (χ2v) is 10.2. The number of halogens is 2. The molecular weight excluding hydrogens is 555 g/mol. The zero-order chi connectivity index (χ0) is 27.8. The Morgan fingerprint density at radius 1 is 0.756 bits per heavy atom. The number of para-hydroxylation sites is 2. The number of rotatable bonds is 5. The van der Waals surface area contributed by atoms with Crippen molar-refractivity contribution in [3.63, 3.8) is 0 Å². The molecule has 3 aromatic heterocycles. The maximum absolute atomic E-state index is 6.16. The van der Waals surface area contributed by atoms with Crippen molar-refractivity contribution < 1.29 is 4.42 Å². The molecule has 7 aromatic rings. The van der Waals surface area contributed by atoms with Crippen LogP contribution in [0.25, 0.3) is 44.3 Å². The molecule has 0 unspecified atom stereocenters. The fourth-order valence-electron chi connectivity index (χ4n) is 4.77. The van der Waals surface area contributed by atoms with Crippen molar-refractivity contribution in [2.24, 2.45) is 15.2 Å². The van der Waals surface area contributed by atoms with Crippen molar-refractivity contribution in [3.05, 3.63) is 125 Å². The van der Waals surface area contributed by atoms with Gasteiger partial charge >= 0.3 is 6.01 Å². The number of amidine groups is 1. The second-order valence-electron chi connectivity index (χ2n) is 9.30. The summed E-state index contributed by atoms with van der Waals surface area (Å²) in [5, 5.41) is 12.2. The van der Waals surface area contributed by atoms with Crippen LogP contribution in [0.4, 0.5) is 11.7 Å². The molecule has 0 saturated carbocycles. The summed E-state index contributed by atoms with van der Waals surface area (Å²) < 4.78 is 5.89. The number of oxazole rings is 1. The van der Waals surface area contributed by atoms with Gasteiger partial charge in [-0.25, -0.2) is 0 Å². The van der Waals surface area contributed by atoms with E-state index in [4.69, 9.17) is 37.6 Å². The third kappa shape index (κ3) is 4.93. The highest BCUT2D eigenvalue weighted by atomic mass is 35.5. The van der Waals surface area contributed by atoms with Gasteiger partial charge in [-0.05, 0) is 54.1 Å². The molecule has 2 N–H and O–H groups in total. The molecule has 0 radical (unpaired) electrons. The van der Waals surface area contributed by atoms with Gasteiger partial charge in [0.25, 0.3) is 0 Å². The first-order chi connectivity index (χ1) is 20.1. The molecule has 0 amide bonds. The minimum atomic E-state index is 0.155. The molecule has 9 heteroatoms. The number of nitrogens with one attached hydrogen (secondary N) is 2. The van der Waals surface area contributed by atoms with E-state index >= 15 is 0 Å². The van der Waals surface area contributed by atoms with Gasteiger partial charge in [0.05, 0.1) is 11.4 Å². The Morgan fingerprint density at radius 2 is 1.44 bits per heavy atom. The average molecular weight is 575 g/mol. The molecule has 0 fully saturated rings. The van der Waals surface area contributed by atoms with E-state index in [0.717, 1.165) is 44.2 Å². The standard InChI is InChI=1S/C32H20Cl2N6O/c33-20-11-9-19(10-12-20)30-29(24-6-2-4-8-27(24)36-30)28-18-41-32(37-28)38-31(40-39-22-15-13-21(34)14-16-22)25-17-35-26-7-3-1-5-23(25)26/h1-18,35-36H. The summed E-state index contributed by atoms with van der Waals surface area (Å²) in [6.07, 6.45) is 3.46. The predicted octanol–water partition coefficient (Wildman–Crippen LogP) is 10.1. The third-order valence-electron chi connectivity index (χ3n) is 6.71. The lowest BCUT2D eigenvalue weighted by Crippen LogP contribution is -1.95. The highest BCUT2D eigenvalue weighted by Gasteiger charge is 2.19. The Morgan fingerprint density at radius 3 is 2.22 bits per heavy atom. The molecule has 0 atom stereocenters. The van der Waals surface area contributed by atoms with Crippen molar-refractivity contribution in [2.75, 3.05) is 0 Å². The molecule has 41 heavy (non-hydrogen) atoms. The van der Waals surface area contributed by atoms with Crippen LogP contribution in [0.3, 0.4) is 0 Å². The Labute approximate surface area is 244 Å². The number of hydrogen-bond donors (Lipinski definition) is 2. The summed E-state index contributed by atoms with van der Waals surface area (Å²) in [5.41, 5.74) is 6.78. The minimum Gasteiger partial charge on any atom is -0.430 e. The van der Waals surface area contributed by atoms with E-state index < -0.39 is 0 Å². The van der Waals surface area contributed by atoms with Crippen molar-refractivity contribution in [2.45, 2.75) is 0 Å². The number of aromatic amines is 2. The number of benzene rings is 4. The Balaban J connectivity index is 1.34. The van der Waals surface area contributed by atoms with Gasteiger partial charge in [0.15, 0.2) is 5.84 Å². The van der Waals surface area contributed by atoms with Crippen LogP contribution >= 0.6 is 23.2 Å².